The van der Waals surface area contributed by atoms with Crippen molar-refractivity contribution in [1.82, 2.24) is 0 Å². The molecule has 2 aliphatic carbocycles. The molecule has 0 bridgehead atoms. The summed E-state index contributed by atoms with van der Waals surface area (Å²) in [4.78, 5) is 12.0. The van der Waals surface area contributed by atoms with Crippen LogP contribution >= 0.6 is 0 Å². The maximum atomic E-state index is 12.0. The number of rotatable bonds is 3. The van der Waals surface area contributed by atoms with Gasteiger partial charge in [0.25, 0.3) is 0 Å². The van der Waals surface area contributed by atoms with Crippen LogP contribution in [-0.4, -0.2) is 63.2 Å². The molecule has 10 atom stereocenters. The molecule has 7 nitrogen and oxygen atoms in total. The first kappa shape index (κ1) is 19.6. The van der Waals surface area contributed by atoms with Gasteiger partial charge in [0.1, 0.15) is 17.8 Å². The highest BCUT2D eigenvalue weighted by Gasteiger charge is 2.73. The monoisotopic (exact) mass is 384 g/mol. The van der Waals surface area contributed by atoms with Crippen molar-refractivity contribution in [2.75, 3.05) is 6.61 Å². The zero-order valence-corrected chi connectivity index (χ0v) is 16.3. The van der Waals surface area contributed by atoms with Crippen molar-refractivity contribution in [1.29, 1.82) is 0 Å². The summed E-state index contributed by atoms with van der Waals surface area (Å²) < 4.78 is 10.5. The summed E-state index contributed by atoms with van der Waals surface area (Å²) in [5.41, 5.74) is -1.08. The Labute approximate surface area is 159 Å². The summed E-state index contributed by atoms with van der Waals surface area (Å²) in [6.45, 7) is 7.05. The van der Waals surface area contributed by atoms with Gasteiger partial charge in [-0.2, -0.15) is 0 Å². The highest BCUT2D eigenvalue weighted by Crippen LogP contribution is 2.68. The molecule has 2 heterocycles. The van der Waals surface area contributed by atoms with E-state index in [4.69, 9.17) is 9.47 Å². The van der Waals surface area contributed by atoms with Crippen LogP contribution in [0.4, 0.5) is 0 Å². The Hall–Kier alpha value is -0.730. The van der Waals surface area contributed by atoms with Crippen LogP contribution in [0.5, 0.6) is 0 Å². The van der Waals surface area contributed by atoms with E-state index in [0.29, 0.717) is 31.8 Å². The van der Waals surface area contributed by atoms with Gasteiger partial charge in [-0.05, 0) is 49.4 Å². The van der Waals surface area contributed by atoms with Gasteiger partial charge in [0.05, 0.1) is 18.6 Å². The van der Waals surface area contributed by atoms with Gasteiger partial charge in [0, 0.05) is 5.41 Å². The van der Waals surface area contributed by atoms with Gasteiger partial charge >= 0.3 is 5.97 Å². The number of carbonyl (C=O) groups is 1. The maximum Gasteiger partial charge on any atom is 0.314 e. The number of esters is 1. The Bertz CT molecular complexity index is 619. The molecule has 0 aromatic carbocycles. The van der Waals surface area contributed by atoms with Gasteiger partial charge in [-0.25, -0.2) is 0 Å². The molecule has 0 aromatic rings. The van der Waals surface area contributed by atoms with Crippen LogP contribution < -0.4 is 0 Å². The van der Waals surface area contributed by atoms with Crippen molar-refractivity contribution >= 4 is 5.97 Å². The van der Waals surface area contributed by atoms with Crippen LogP contribution in [0, 0.1) is 28.6 Å². The van der Waals surface area contributed by atoms with Gasteiger partial charge in [-0.1, -0.05) is 20.8 Å². The second-order valence-corrected chi connectivity index (χ2v) is 9.80. The lowest BCUT2D eigenvalue weighted by atomic mass is 9.43. The molecule has 27 heavy (non-hydrogen) atoms. The molecule has 0 radical (unpaired) electrons. The third kappa shape index (κ3) is 2.55. The van der Waals surface area contributed by atoms with Crippen molar-refractivity contribution in [2.24, 2.45) is 28.6 Å². The molecule has 4 aliphatic rings. The predicted molar refractivity (Wildman–Crippen MR) is 94.2 cm³/mol. The molecule has 10 unspecified atom stereocenters. The first-order chi connectivity index (χ1) is 12.6. The lowest BCUT2D eigenvalue weighted by molar-refractivity contribution is -0.198. The number of cyclic esters (lactones) is 1. The summed E-state index contributed by atoms with van der Waals surface area (Å²) in [7, 11) is 0. The summed E-state index contributed by atoms with van der Waals surface area (Å²) in [5.74, 6) is -0.768. The Balaban J connectivity index is 1.60. The van der Waals surface area contributed by atoms with E-state index < -0.39 is 42.1 Å². The highest BCUT2D eigenvalue weighted by molar-refractivity contribution is 5.75. The van der Waals surface area contributed by atoms with Crippen molar-refractivity contribution in [3.8, 4) is 0 Å². The largest absolute Gasteiger partial charge is 0.433 e. The smallest absolute Gasteiger partial charge is 0.314 e. The minimum absolute atomic E-state index is 0.133. The van der Waals surface area contributed by atoms with Gasteiger partial charge in [0.2, 0.25) is 6.29 Å². The minimum atomic E-state index is -1.45. The number of hydrogen-bond donors (Lipinski definition) is 4. The summed E-state index contributed by atoms with van der Waals surface area (Å²) in [6, 6.07) is 0. The summed E-state index contributed by atoms with van der Waals surface area (Å²) in [5, 5.41) is 40.8. The molecule has 154 valence electrons. The van der Waals surface area contributed by atoms with Crippen molar-refractivity contribution < 1.29 is 34.7 Å². The van der Waals surface area contributed by atoms with Crippen LogP contribution in [0.1, 0.15) is 52.9 Å². The van der Waals surface area contributed by atoms with E-state index in [1.807, 2.05) is 0 Å². The summed E-state index contributed by atoms with van der Waals surface area (Å²) >= 11 is 0. The van der Waals surface area contributed by atoms with Gasteiger partial charge in [-0.3, -0.25) is 4.79 Å². The Morgan fingerprint density at radius 2 is 1.85 bits per heavy atom. The quantitative estimate of drug-likeness (QED) is 0.415. The first-order valence-corrected chi connectivity index (χ1v) is 10.1. The molecule has 7 heteroatoms. The number of aliphatic hydroxyl groups is 4. The zero-order valence-electron chi connectivity index (χ0n) is 16.3. The lowest BCUT2D eigenvalue weighted by Gasteiger charge is -2.62. The van der Waals surface area contributed by atoms with Crippen LogP contribution in [0.3, 0.4) is 0 Å². The highest BCUT2D eigenvalue weighted by atomic mass is 16.7. The Kier molecular flexibility index (Phi) is 4.45. The molecule has 2 aliphatic heterocycles. The molecule has 4 rings (SSSR count). The van der Waals surface area contributed by atoms with E-state index in [2.05, 4.69) is 20.8 Å². The second-order valence-electron chi connectivity index (χ2n) is 9.80. The summed E-state index contributed by atoms with van der Waals surface area (Å²) in [6.07, 6.45) is -0.792. The zero-order chi connectivity index (χ0) is 19.8. The van der Waals surface area contributed by atoms with Gasteiger partial charge in [0.15, 0.2) is 0 Å². The SMILES string of the molecule is CC1CCC2(C)C(CC(O)C(O)C23CO3)C1(C)CCC1C(=O)OC(O)C1O. The average Bonchev–Trinajstić information content (AvgIpc) is 3.38. The molecular formula is C20H32O7. The Morgan fingerprint density at radius 3 is 2.41 bits per heavy atom. The topological polar surface area (TPSA) is 120 Å². The molecule has 4 N–H and O–H groups in total. The van der Waals surface area contributed by atoms with Crippen LogP contribution in [0.15, 0.2) is 0 Å². The fourth-order valence-electron chi connectivity index (χ4n) is 6.51. The fraction of sp³-hybridized carbons (Fsp3) is 0.950. The number of fused-ring (bicyclic) bond motifs is 2. The van der Waals surface area contributed by atoms with Crippen LogP contribution in [-0.2, 0) is 14.3 Å². The number of hydrogen-bond acceptors (Lipinski definition) is 7. The molecule has 4 fully saturated rings. The normalized spacial score (nSPS) is 57.4. The standard InChI is InChI=1S/C20H32O7/c1-10-4-7-19(3)13(8-12(21)15(23)20(19)9-26-20)18(10,2)6-5-11-14(22)17(25)27-16(11)24/h10-15,17,21-23,25H,4-9H2,1-3H3. The number of carbonyl (C=O) groups excluding carboxylic acids is 1. The van der Waals surface area contributed by atoms with Crippen LogP contribution in [0.2, 0.25) is 0 Å². The van der Waals surface area contributed by atoms with Gasteiger partial charge < -0.3 is 29.9 Å². The van der Waals surface area contributed by atoms with E-state index in [0.717, 1.165) is 12.8 Å². The third-order valence-corrected chi connectivity index (χ3v) is 8.77. The lowest BCUT2D eigenvalue weighted by Crippen LogP contribution is -2.65. The van der Waals surface area contributed by atoms with E-state index in [9.17, 15) is 25.2 Å². The number of aliphatic hydroxyl groups excluding tert-OH is 4. The van der Waals surface area contributed by atoms with E-state index in [-0.39, 0.29) is 16.7 Å². The molecule has 2 saturated heterocycles. The molecule has 0 aromatic heterocycles. The second kappa shape index (κ2) is 6.13. The maximum absolute atomic E-state index is 12.0. The van der Waals surface area contributed by atoms with Gasteiger partial charge in [-0.15, -0.1) is 0 Å². The molecular weight excluding hydrogens is 352 g/mol. The van der Waals surface area contributed by atoms with Crippen molar-refractivity contribution in [3.05, 3.63) is 0 Å². The predicted octanol–water partition coefficient (Wildman–Crippen LogP) is 0.572. The van der Waals surface area contributed by atoms with E-state index in [1.165, 1.54) is 0 Å². The van der Waals surface area contributed by atoms with Crippen molar-refractivity contribution in [2.45, 2.75) is 83.1 Å². The molecule has 0 amide bonds. The Morgan fingerprint density at radius 1 is 1.19 bits per heavy atom. The number of epoxide rings is 1. The minimum Gasteiger partial charge on any atom is -0.433 e. The fourth-order valence-corrected chi connectivity index (χ4v) is 6.51. The van der Waals surface area contributed by atoms with Crippen LogP contribution in [0.25, 0.3) is 0 Å². The number of ether oxygens (including phenoxy) is 2. The molecule has 1 spiro atoms. The van der Waals surface area contributed by atoms with Crippen molar-refractivity contribution in [3.63, 3.8) is 0 Å². The van der Waals surface area contributed by atoms with E-state index >= 15 is 0 Å². The first-order valence-electron chi connectivity index (χ1n) is 10.1. The average molecular weight is 384 g/mol. The van der Waals surface area contributed by atoms with E-state index in [1.54, 1.807) is 0 Å². The molecule has 2 saturated carbocycles. The third-order valence-electron chi connectivity index (χ3n) is 8.77.